The standard InChI is InChI=1S/C13H14ClN3/c1-8-12(10-4-6-11(14)7-5-10)16-9(2)17-13(8)15-3/h4-7H,1-3H3,(H,15,16,17). The van der Waals surface area contributed by atoms with E-state index in [0.29, 0.717) is 0 Å². The fourth-order valence-corrected chi connectivity index (χ4v) is 1.89. The third-order valence-corrected chi connectivity index (χ3v) is 2.86. The second-order valence-corrected chi connectivity index (χ2v) is 4.29. The van der Waals surface area contributed by atoms with Crippen LogP contribution in [0.15, 0.2) is 24.3 Å². The number of halogens is 1. The number of rotatable bonds is 2. The summed E-state index contributed by atoms with van der Waals surface area (Å²) in [5, 5.41) is 3.81. The molecule has 0 saturated heterocycles. The van der Waals surface area contributed by atoms with E-state index < -0.39 is 0 Å². The zero-order valence-corrected chi connectivity index (χ0v) is 10.8. The molecule has 1 aromatic carbocycles. The van der Waals surface area contributed by atoms with E-state index in [4.69, 9.17) is 11.6 Å². The summed E-state index contributed by atoms with van der Waals surface area (Å²) in [5.74, 6) is 1.62. The smallest absolute Gasteiger partial charge is 0.132 e. The Hall–Kier alpha value is -1.61. The van der Waals surface area contributed by atoms with Crippen LogP contribution < -0.4 is 5.32 Å². The van der Waals surface area contributed by atoms with Crippen molar-refractivity contribution in [3.8, 4) is 11.3 Å². The number of nitrogens with zero attached hydrogens (tertiary/aromatic N) is 2. The van der Waals surface area contributed by atoms with Crippen molar-refractivity contribution in [2.75, 3.05) is 12.4 Å². The molecule has 0 unspecified atom stereocenters. The summed E-state index contributed by atoms with van der Waals surface area (Å²) in [5.41, 5.74) is 3.04. The van der Waals surface area contributed by atoms with Crippen molar-refractivity contribution >= 4 is 17.4 Å². The molecule has 0 aliphatic carbocycles. The zero-order valence-electron chi connectivity index (χ0n) is 10.1. The number of aryl methyl sites for hydroxylation is 1. The SMILES string of the molecule is CNc1nc(C)nc(-c2ccc(Cl)cc2)c1C. The van der Waals surface area contributed by atoms with E-state index in [2.05, 4.69) is 15.3 Å². The second kappa shape index (κ2) is 4.72. The van der Waals surface area contributed by atoms with Crippen LogP contribution in [0.3, 0.4) is 0 Å². The number of aromatic nitrogens is 2. The lowest BCUT2D eigenvalue weighted by molar-refractivity contribution is 1.04. The van der Waals surface area contributed by atoms with E-state index in [9.17, 15) is 0 Å². The van der Waals surface area contributed by atoms with E-state index in [1.807, 2.05) is 45.2 Å². The molecule has 88 valence electrons. The average molecular weight is 248 g/mol. The van der Waals surface area contributed by atoms with Gasteiger partial charge < -0.3 is 5.32 Å². The van der Waals surface area contributed by atoms with Gasteiger partial charge in [0.1, 0.15) is 11.6 Å². The lowest BCUT2D eigenvalue weighted by Crippen LogP contribution is -2.02. The Kier molecular flexibility index (Phi) is 3.29. The van der Waals surface area contributed by atoms with Crippen molar-refractivity contribution in [1.29, 1.82) is 0 Å². The monoisotopic (exact) mass is 247 g/mol. The maximum absolute atomic E-state index is 5.88. The largest absolute Gasteiger partial charge is 0.373 e. The van der Waals surface area contributed by atoms with Crippen molar-refractivity contribution in [2.45, 2.75) is 13.8 Å². The van der Waals surface area contributed by atoms with Gasteiger partial charge in [0.05, 0.1) is 5.69 Å². The van der Waals surface area contributed by atoms with Crippen LogP contribution in [-0.2, 0) is 0 Å². The third kappa shape index (κ3) is 2.39. The molecule has 1 aromatic heterocycles. The van der Waals surface area contributed by atoms with E-state index in [1.165, 1.54) is 0 Å². The molecule has 1 heterocycles. The molecule has 17 heavy (non-hydrogen) atoms. The number of hydrogen-bond acceptors (Lipinski definition) is 3. The van der Waals surface area contributed by atoms with Gasteiger partial charge in [-0.25, -0.2) is 9.97 Å². The van der Waals surface area contributed by atoms with Gasteiger partial charge in [0, 0.05) is 23.2 Å². The van der Waals surface area contributed by atoms with Gasteiger partial charge in [-0.05, 0) is 26.0 Å². The second-order valence-electron chi connectivity index (χ2n) is 3.85. The quantitative estimate of drug-likeness (QED) is 0.883. The maximum Gasteiger partial charge on any atom is 0.132 e. The van der Waals surface area contributed by atoms with Crippen molar-refractivity contribution in [3.63, 3.8) is 0 Å². The van der Waals surface area contributed by atoms with Crippen LogP contribution in [0.2, 0.25) is 5.02 Å². The first-order valence-electron chi connectivity index (χ1n) is 5.40. The number of anilines is 1. The lowest BCUT2D eigenvalue weighted by Gasteiger charge is -2.10. The average Bonchev–Trinajstić information content (AvgIpc) is 2.33. The topological polar surface area (TPSA) is 37.8 Å². The molecule has 0 atom stereocenters. The first kappa shape index (κ1) is 11.9. The number of nitrogens with one attached hydrogen (secondary N) is 1. The van der Waals surface area contributed by atoms with Gasteiger partial charge >= 0.3 is 0 Å². The van der Waals surface area contributed by atoms with Crippen LogP contribution in [-0.4, -0.2) is 17.0 Å². The van der Waals surface area contributed by atoms with E-state index >= 15 is 0 Å². The van der Waals surface area contributed by atoms with Gasteiger partial charge in [-0.3, -0.25) is 0 Å². The number of benzene rings is 1. The van der Waals surface area contributed by atoms with Crippen LogP contribution in [0.4, 0.5) is 5.82 Å². The fourth-order valence-electron chi connectivity index (χ4n) is 1.76. The minimum atomic E-state index is 0.728. The molecule has 0 radical (unpaired) electrons. The van der Waals surface area contributed by atoms with E-state index in [-0.39, 0.29) is 0 Å². The molecule has 0 fully saturated rings. The predicted molar refractivity (Wildman–Crippen MR) is 71.5 cm³/mol. The van der Waals surface area contributed by atoms with E-state index in [0.717, 1.165) is 33.5 Å². The third-order valence-electron chi connectivity index (χ3n) is 2.61. The Labute approximate surface area is 106 Å². The first-order chi connectivity index (χ1) is 8.11. The molecule has 1 N–H and O–H groups in total. The summed E-state index contributed by atoms with van der Waals surface area (Å²) in [6.07, 6.45) is 0. The summed E-state index contributed by atoms with van der Waals surface area (Å²) >= 11 is 5.88. The highest BCUT2D eigenvalue weighted by atomic mass is 35.5. The Morgan fingerprint density at radius 3 is 2.29 bits per heavy atom. The van der Waals surface area contributed by atoms with Crippen LogP contribution in [0.5, 0.6) is 0 Å². The van der Waals surface area contributed by atoms with Gasteiger partial charge in [-0.2, -0.15) is 0 Å². The summed E-state index contributed by atoms with van der Waals surface area (Å²) in [6, 6.07) is 7.67. The Bertz CT molecular complexity index is 535. The van der Waals surface area contributed by atoms with Crippen molar-refractivity contribution in [2.24, 2.45) is 0 Å². The van der Waals surface area contributed by atoms with Gasteiger partial charge in [0.25, 0.3) is 0 Å². The highest BCUT2D eigenvalue weighted by Crippen LogP contribution is 2.26. The summed E-state index contributed by atoms with van der Waals surface area (Å²) in [6.45, 7) is 3.90. The molecule has 0 amide bonds. The summed E-state index contributed by atoms with van der Waals surface area (Å²) in [4.78, 5) is 8.83. The highest BCUT2D eigenvalue weighted by molar-refractivity contribution is 6.30. The van der Waals surface area contributed by atoms with Gasteiger partial charge in [0.2, 0.25) is 0 Å². The first-order valence-corrected chi connectivity index (χ1v) is 5.78. The molecule has 0 saturated carbocycles. The summed E-state index contributed by atoms with van der Waals surface area (Å²) in [7, 11) is 1.86. The molecular weight excluding hydrogens is 234 g/mol. The zero-order chi connectivity index (χ0) is 12.4. The van der Waals surface area contributed by atoms with Gasteiger partial charge in [0.15, 0.2) is 0 Å². The molecule has 4 heteroatoms. The van der Waals surface area contributed by atoms with Crippen molar-refractivity contribution < 1.29 is 0 Å². The normalized spacial score (nSPS) is 10.4. The lowest BCUT2D eigenvalue weighted by atomic mass is 10.1. The minimum Gasteiger partial charge on any atom is -0.373 e. The molecule has 2 aromatic rings. The summed E-state index contributed by atoms with van der Waals surface area (Å²) < 4.78 is 0. The predicted octanol–water partition coefficient (Wildman–Crippen LogP) is 3.46. The molecular formula is C13H14ClN3. The molecule has 0 aliphatic heterocycles. The Morgan fingerprint density at radius 1 is 1.06 bits per heavy atom. The van der Waals surface area contributed by atoms with Gasteiger partial charge in [-0.1, -0.05) is 23.7 Å². The maximum atomic E-state index is 5.88. The Morgan fingerprint density at radius 2 is 1.71 bits per heavy atom. The molecule has 0 bridgehead atoms. The highest BCUT2D eigenvalue weighted by Gasteiger charge is 2.09. The van der Waals surface area contributed by atoms with Crippen LogP contribution in [0.25, 0.3) is 11.3 Å². The fraction of sp³-hybridized carbons (Fsp3) is 0.231. The minimum absolute atomic E-state index is 0.728. The van der Waals surface area contributed by atoms with E-state index in [1.54, 1.807) is 0 Å². The molecule has 3 nitrogen and oxygen atoms in total. The van der Waals surface area contributed by atoms with Crippen LogP contribution in [0, 0.1) is 13.8 Å². The molecule has 0 aliphatic rings. The van der Waals surface area contributed by atoms with Crippen LogP contribution >= 0.6 is 11.6 Å². The van der Waals surface area contributed by atoms with Crippen LogP contribution in [0.1, 0.15) is 11.4 Å². The Balaban J connectivity index is 2.58. The van der Waals surface area contributed by atoms with Crippen molar-refractivity contribution in [1.82, 2.24) is 9.97 Å². The van der Waals surface area contributed by atoms with Gasteiger partial charge in [-0.15, -0.1) is 0 Å². The number of hydrogen-bond donors (Lipinski definition) is 1. The molecule has 0 spiro atoms. The van der Waals surface area contributed by atoms with Crippen molar-refractivity contribution in [3.05, 3.63) is 40.7 Å². The molecule has 2 rings (SSSR count).